The molecule has 2 fully saturated rings. The quantitative estimate of drug-likeness (QED) is 0.596. The zero-order valence-corrected chi connectivity index (χ0v) is 20.3. The molecular formula is C22H24ClN5O2S2. The molecule has 168 valence electrons. The first-order chi connectivity index (χ1) is 15.3. The number of benzene rings is 1. The number of halogens is 1. The van der Waals surface area contributed by atoms with Gasteiger partial charge in [-0.2, -0.15) is 0 Å². The fourth-order valence-corrected chi connectivity index (χ4v) is 5.15. The van der Waals surface area contributed by atoms with Crippen LogP contribution in [-0.2, 0) is 9.59 Å². The van der Waals surface area contributed by atoms with Gasteiger partial charge in [-0.1, -0.05) is 47.7 Å². The molecule has 0 aliphatic carbocycles. The summed E-state index contributed by atoms with van der Waals surface area (Å²) in [6.45, 7) is 1.22. The topological polar surface area (TPSA) is 69.6 Å². The first kappa shape index (κ1) is 22.9. The third-order valence-corrected chi connectivity index (χ3v) is 7.34. The van der Waals surface area contributed by atoms with Crippen molar-refractivity contribution in [3.63, 3.8) is 0 Å². The highest BCUT2D eigenvalue weighted by atomic mass is 35.5. The number of carbonyl (C=O) groups excluding carboxylic acids is 2. The smallest absolute Gasteiger partial charge is 0.242 e. The second kappa shape index (κ2) is 9.72. The molecule has 2 amide bonds. The lowest BCUT2D eigenvalue weighted by Crippen LogP contribution is -2.46. The van der Waals surface area contributed by atoms with Gasteiger partial charge in [-0.25, -0.2) is 9.97 Å². The highest BCUT2D eigenvalue weighted by Crippen LogP contribution is 2.34. The molecule has 4 rings (SSSR count). The molecule has 10 heteroatoms. The van der Waals surface area contributed by atoms with E-state index in [-0.39, 0.29) is 24.3 Å². The van der Waals surface area contributed by atoms with Crippen molar-refractivity contribution in [1.29, 1.82) is 0 Å². The van der Waals surface area contributed by atoms with E-state index in [1.54, 1.807) is 0 Å². The van der Waals surface area contributed by atoms with Gasteiger partial charge in [-0.05, 0) is 30.5 Å². The van der Waals surface area contributed by atoms with Crippen LogP contribution in [0.25, 0.3) is 11.1 Å². The Hall–Kier alpha value is -2.23. The number of hydrogen-bond donors (Lipinski definition) is 0. The average molecular weight is 490 g/mol. The predicted molar refractivity (Wildman–Crippen MR) is 132 cm³/mol. The zero-order chi connectivity index (χ0) is 22.8. The van der Waals surface area contributed by atoms with Crippen LogP contribution in [0.1, 0.15) is 24.5 Å². The first-order valence-electron chi connectivity index (χ1n) is 10.4. The number of thiocarbonyl (C=S) groups is 1. The van der Waals surface area contributed by atoms with Crippen molar-refractivity contribution in [3.8, 4) is 11.1 Å². The van der Waals surface area contributed by atoms with Gasteiger partial charge in [0.05, 0.1) is 11.4 Å². The lowest BCUT2D eigenvalue weighted by Gasteiger charge is -2.34. The molecule has 2 saturated heterocycles. The number of anilines is 1. The van der Waals surface area contributed by atoms with Crippen LogP contribution in [0.5, 0.6) is 0 Å². The molecule has 1 aromatic carbocycles. The van der Waals surface area contributed by atoms with E-state index in [1.165, 1.54) is 16.7 Å². The normalized spacial score (nSPS) is 18.9. The standard InChI is InChI=1S/C22H24ClN5O2S2/c1-26(2)21-24-10-17(14-5-7-16(23)8-6-14)20(25-21)15-4-3-9-27(11-15)18(29)12-28-19(30)13-32-22(28)31/h5-8,10,15H,3-4,9,11-13H2,1-2H3/t15-/m1/s1. The van der Waals surface area contributed by atoms with Gasteiger partial charge in [0.15, 0.2) is 0 Å². The minimum atomic E-state index is -0.0987. The van der Waals surface area contributed by atoms with Gasteiger partial charge >= 0.3 is 0 Å². The summed E-state index contributed by atoms with van der Waals surface area (Å²) >= 11 is 12.6. The summed E-state index contributed by atoms with van der Waals surface area (Å²) in [5, 5.41) is 0.670. The molecule has 0 spiro atoms. The Labute approximate surface area is 202 Å². The molecule has 0 radical (unpaired) electrons. The van der Waals surface area contributed by atoms with Crippen molar-refractivity contribution in [2.45, 2.75) is 18.8 Å². The van der Waals surface area contributed by atoms with Gasteiger partial charge in [-0.3, -0.25) is 14.5 Å². The zero-order valence-electron chi connectivity index (χ0n) is 18.0. The van der Waals surface area contributed by atoms with Crippen LogP contribution < -0.4 is 4.90 Å². The van der Waals surface area contributed by atoms with Crippen molar-refractivity contribution in [2.24, 2.45) is 0 Å². The van der Waals surface area contributed by atoms with Crippen molar-refractivity contribution >= 4 is 57.7 Å². The monoisotopic (exact) mass is 489 g/mol. The molecule has 0 bridgehead atoms. The van der Waals surface area contributed by atoms with Gasteiger partial charge < -0.3 is 9.80 Å². The summed E-state index contributed by atoms with van der Waals surface area (Å²) in [5.74, 6) is 0.830. The first-order valence-corrected chi connectivity index (χ1v) is 12.2. The Kier molecular flexibility index (Phi) is 6.97. The third-order valence-electron chi connectivity index (χ3n) is 5.66. The van der Waals surface area contributed by atoms with Crippen LogP contribution in [0, 0.1) is 0 Å². The Balaban J connectivity index is 1.59. The number of nitrogens with zero attached hydrogens (tertiary/aromatic N) is 5. The van der Waals surface area contributed by atoms with Crippen LogP contribution in [-0.4, -0.2) is 75.4 Å². The van der Waals surface area contributed by atoms with Gasteiger partial charge in [0.25, 0.3) is 0 Å². The van der Waals surface area contributed by atoms with Crippen LogP contribution in [0.15, 0.2) is 30.5 Å². The molecule has 3 heterocycles. The molecule has 2 aliphatic rings. The molecule has 0 N–H and O–H groups in total. The maximum atomic E-state index is 13.0. The fourth-order valence-electron chi connectivity index (χ4n) is 3.96. The van der Waals surface area contributed by atoms with E-state index in [0.717, 1.165) is 29.7 Å². The SMILES string of the molecule is CN(C)c1ncc(-c2ccc(Cl)cc2)c([C@@H]2CCCN(C(=O)CN3C(=O)CSC3=S)C2)n1. The summed E-state index contributed by atoms with van der Waals surface area (Å²) in [4.78, 5) is 39.5. The lowest BCUT2D eigenvalue weighted by atomic mass is 9.90. The van der Waals surface area contributed by atoms with E-state index in [9.17, 15) is 9.59 Å². The average Bonchev–Trinajstić information content (AvgIpc) is 3.11. The highest BCUT2D eigenvalue weighted by molar-refractivity contribution is 8.23. The van der Waals surface area contributed by atoms with Gasteiger partial charge in [0.1, 0.15) is 10.9 Å². The van der Waals surface area contributed by atoms with Crippen molar-refractivity contribution in [3.05, 3.63) is 41.2 Å². The number of hydrogen-bond acceptors (Lipinski definition) is 7. The van der Waals surface area contributed by atoms with Crippen LogP contribution in [0.4, 0.5) is 5.95 Å². The second-order valence-electron chi connectivity index (χ2n) is 8.08. The van der Waals surface area contributed by atoms with Gasteiger partial charge in [0.2, 0.25) is 17.8 Å². The Morgan fingerprint density at radius 1 is 1.31 bits per heavy atom. The summed E-state index contributed by atoms with van der Waals surface area (Å²) < 4.78 is 0.480. The summed E-state index contributed by atoms with van der Waals surface area (Å²) in [6.07, 6.45) is 3.64. The van der Waals surface area contributed by atoms with Gasteiger partial charge in [-0.15, -0.1) is 0 Å². The maximum absolute atomic E-state index is 13.0. The molecule has 0 unspecified atom stereocenters. The maximum Gasteiger partial charge on any atom is 0.242 e. The molecule has 0 saturated carbocycles. The fraction of sp³-hybridized carbons (Fsp3) is 0.409. The summed E-state index contributed by atoms with van der Waals surface area (Å²) in [7, 11) is 3.82. The minimum absolute atomic E-state index is 0.00809. The number of likely N-dealkylation sites (tertiary alicyclic amines) is 1. The summed E-state index contributed by atoms with van der Waals surface area (Å²) in [5.41, 5.74) is 2.86. The van der Waals surface area contributed by atoms with E-state index in [1.807, 2.05) is 54.4 Å². The Bertz CT molecular complexity index is 1030. The van der Waals surface area contributed by atoms with Crippen LogP contribution in [0.3, 0.4) is 0 Å². The van der Waals surface area contributed by atoms with E-state index in [0.29, 0.717) is 34.1 Å². The molecule has 2 aromatic rings. The minimum Gasteiger partial charge on any atom is -0.347 e. The molecule has 32 heavy (non-hydrogen) atoms. The van der Waals surface area contributed by atoms with Gasteiger partial charge in [0, 0.05) is 49.9 Å². The molecule has 7 nitrogen and oxygen atoms in total. The molecule has 2 aliphatic heterocycles. The highest BCUT2D eigenvalue weighted by Gasteiger charge is 2.33. The molecule has 1 aromatic heterocycles. The number of piperidine rings is 1. The van der Waals surface area contributed by atoms with Crippen molar-refractivity contribution in [2.75, 3.05) is 44.4 Å². The van der Waals surface area contributed by atoms with Crippen molar-refractivity contribution in [1.82, 2.24) is 19.8 Å². The van der Waals surface area contributed by atoms with Crippen molar-refractivity contribution < 1.29 is 9.59 Å². The third kappa shape index (κ3) is 4.89. The number of carbonyl (C=O) groups is 2. The second-order valence-corrected chi connectivity index (χ2v) is 10.1. The van der Waals surface area contributed by atoms with E-state index in [2.05, 4.69) is 4.98 Å². The largest absolute Gasteiger partial charge is 0.347 e. The summed E-state index contributed by atoms with van der Waals surface area (Å²) in [6, 6.07) is 7.63. The van der Waals surface area contributed by atoms with E-state index >= 15 is 0 Å². The number of thioether (sulfide) groups is 1. The van der Waals surface area contributed by atoms with Crippen LogP contribution >= 0.6 is 35.6 Å². The Morgan fingerprint density at radius 2 is 2.06 bits per heavy atom. The number of rotatable bonds is 5. The molecular weight excluding hydrogens is 466 g/mol. The van der Waals surface area contributed by atoms with E-state index < -0.39 is 0 Å². The number of amides is 2. The molecule has 1 atom stereocenters. The lowest BCUT2D eigenvalue weighted by molar-refractivity contribution is -0.136. The van der Waals surface area contributed by atoms with E-state index in [4.69, 9.17) is 28.8 Å². The van der Waals surface area contributed by atoms with Crippen LogP contribution in [0.2, 0.25) is 5.02 Å². The Morgan fingerprint density at radius 3 is 2.72 bits per heavy atom. The predicted octanol–water partition coefficient (Wildman–Crippen LogP) is 3.43. The number of aromatic nitrogens is 2.